The highest BCUT2D eigenvalue weighted by Crippen LogP contribution is 2.30. The summed E-state index contributed by atoms with van der Waals surface area (Å²) in [5.41, 5.74) is -0.746. The van der Waals surface area contributed by atoms with E-state index in [-0.39, 0.29) is 29.8 Å². The average Bonchev–Trinajstić information content (AvgIpc) is 2.43. The molecular formula is C16H26N2O2. The summed E-state index contributed by atoms with van der Waals surface area (Å²) < 4.78 is 0. The molecule has 1 heterocycles. The molecule has 112 valence electrons. The Morgan fingerprint density at radius 2 is 2.10 bits per heavy atom. The third kappa shape index (κ3) is 2.48. The fourth-order valence-electron chi connectivity index (χ4n) is 3.22. The molecule has 1 aliphatic carbocycles. The van der Waals surface area contributed by atoms with Crippen LogP contribution in [0.1, 0.15) is 53.4 Å². The maximum atomic E-state index is 12.9. The minimum absolute atomic E-state index is 0.00139. The second-order valence-electron chi connectivity index (χ2n) is 6.51. The molecule has 0 saturated carbocycles. The third-order valence-electron chi connectivity index (χ3n) is 4.65. The highest BCUT2D eigenvalue weighted by atomic mass is 16.2. The first-order valence-corrected chi connectivity index (χ1v) is 7.70. The number of hydrogen-bond acceptors (Lipinski definition) is 2. The number of nitrogens with zero attached hydrogens (tertiary/aromatic N) is 1. The molecule has 0 bridgehead atoms. The van der Waals surface area contributed by atoms with Gasteiger partial charge in [0.15, 0.2) is 0 Å². The molecule has 2 rings (SSSR count). The second-order valence-corrected chi connectivity index (χ2v) is 6.51. The molecule has 0 radical (unpaired) electrons. The van der Waals surface area contributed by atoms with Crippen LogP contribution < -0.4 is 5.32 Å². The number of piperazine rings is 1. The molecule has 3 unspecified atom stereocenters. The van der Waals surface area contributed by atoms with E-state index < -0.39 is 5.54 Å². The van der Waals surface area contributed by atoms with Crippen molar-refractivity contribution in [2.75, 3.05) is 0 Å². The Labute approximate surface area is 121 Å². The first-order chi connectivity index (χ1) is 9.40. The zero-order chi connectivity index (χ0) is 14.9. The van der Waals surface area contributed by atoms with Gasteiger partial charge in [-0.1, -0.05) is 32.9 Å². The predicted molar refractivity (Wildman–Crippen MR) is 79.1 cm³/mol. The van der Waals surface area contributed by atoms with E-state index in [2.05, 4.69) is 17.5 Å². The Hall–Kier alpha value is -1.32. The van der Waals surface area contributed by atoms with Crippen molar-refractivity contribution in [3.63, 3.8) is 0 Å². The molecule has 2 aliphatic rings. The summed E-state index contributed by atoms with van der Waals surface area (Å²) in [6.45, 7) is 7.82. The lowest BCUT2D eigenvalue weighted by atomic mass is 9.85. The van der Waals surface area contributed by atoms with Crippen molar-refractivity contribution < 1.29 is 9.59 Å². The van der Waals surface area contributed by atoms with E-state index in [0.717, 1.165) is 19.3 Å². The minimum atomic E-state index is -0.746. The van der Waals surface area contributed by atoms with Crippen LogP contribution in [-0.2, 0) is 9.59 Å². The van der Waals surface area contributed by atoms with Gasteiger partial charge in [-0.25, -0.2) is 0 Å². The van der Waals surface area contributed by atoms with E-state index in [1.165, 1.54) is 0 Å². The summed E-state index contributed by atoms with van der Waals surface area (Å²) in [4.78, 5) is 27.3. The van der Waals surface area contributed by atoms with Gasteiger partial charge in [0.25, 0.3) is 0 Å². The van der Waals surface area contributed by atoms with Crippen LogP contribution in [0.5, 0.6) is 0 Å². The van der Waals surface area contributed by atoms with Crippen LogP contribution in [0.2, 0.25) is 0 Å². The lowest BCUT2D eigenvalue weighted by Gasteiger charge is -2.49. The quantitative estimate of drug-likeness (QED) is 0.805. The predicted octanol–water partition coefficient (Wildman–Crippen LogP) is 2.25. The SMILES string of the molecule is CCC1(C)NC(=O)C(C(C)C)N(C2CC=CCC2)C1=O. The van der Waals surface area contributed by atoms with Crippen LogP contribution in [0.4, 0.5) is 0 Å². The van der Waals surface area contributed by atoms with Gasteiger partial charge in [0.1, 0.15) is 11.6 Å². The summed E-state index contributed by atoms with van der Waals surface area (Å²) in [5, 5.41) is 2.94. The molecular weight excluding hydrogens is 252 g/mol. The smallest absolute Gasteiger partial charge is 0.248 e. The highest BCUT2D eigenvalue weighted by Gasteiger charge is 2.49. The number of rotatable bonds is 3. The highest BCUT2D eigenvalue weighted by molar-refractivity contribution is 5.99. The third-order valence-corrected chi connectivity index (χ3v) is 4.65. The maximum Gasteiger partial charge on any atom is 0.248 e. The normalized spacial score (nSPS) is 34.5. The summed E-state index contributed by atoms with van der Waals surface area (Å²) in [7, 11) is 0. The van der Waals surface area contributed by atoms with Crippen LogP contribution in [0, 0.1) is 5.92 Å². The van der Waals surface area contributed by atoms with E-state index in [1.807, 2.05) is 32.6 Å². The molecule has 1 aliphatic heterocycles. The number of carbonyl (C=O) groups excluding carboxylic acids is 2. The van der Waals surface area contributed by atoms with Crippen LogP contribution in [0.3, 0.4) is 0 Å². The van der Waals surface area contributed by atoms with Crippen molar-refractivity contribution in [3.05, 3.63) is 12.2 Å². The number of amides is 2. The van der Waals surface area contributed by atoms with E-state index in [9.17, 15) is 9.59 Å². The Kier molecular flexibility index (Phi) is 4.21. The molecule has 4 nitrogen and oxygen atoms in total. The molecule has 20 heavy (non-hydrogen) atoms. The first kappa shape index (κ1) is 15.1. The van der Waals surface area contributed by atoms with Crippen molar-refractivity contribution in [1.82, 2.24) is 10.2 Å². The van der Waals surface area contributed by atoms with Crippen molar-refractivity contribution in [1.29, 1.82) is 0 Å². The molecule has 0 aromatic heterocycles. The van der Waals surface area contributed by atoms with Crippen LogP contribution in [0.25, 0.3) is 0 Å². The van der Waals surface area contributed by atoms with Crippen LogP contribution in [-0.4, -0.2) is 34.3 Å². The number of nitrogens with one attached hydrogen (secondary N) is 1. The monoisotopic (exact) mass is 278 g/mol. The summed E-state index contributed by atoms with van der Waals surface area (Å²) >= 11 is 0. The Balaban J connectivity index is 2.36. The standard InChI is InChI=1S/C16H26N2O2/c1-5-16(4)15(20)18(12-9-7-6-8-10-12)13(11(2)3)14(19)17-16/h6-7,11-13H,5,8-10H2,1-4H3,(H,17,19). The van der Waals surface area contributed by atoms with Gasteiger partial charge in [-0.2, -0.15) is 0 Å². The maximum absolute atomic E-state index is 12.9. The van der Waals surface area contributed by atoms with Gasteiger partial charge in [0, 0.05) is 6.04 Å². The van der Waals surface area contributed by atoms with Crippen molar-refractivity contribution in [2.24, 2.45) is 5.92 Å². The topological polar surface area (TPSA) is 49.4 Å². The van der Waals surface area contributed by atoms with E-state index in [0.29, 0.717) is 6.42 Å². The summed E-state index contributed by atoms with van der Waals surface area (Å²) in [6, 6.07) is -0.171. The fourth-order valence-corrected chi connectivity index (χ4v) is 3.22. The fraction of sp³-hybridized carbons (Fsp3) is 0.750. The zero-order valence-electron chi connectivity index (χ0n) is 13.0. The second kappa shape index (κ2) is 5.58. The number of carbonyl (C=O) groups is 2. The molecule has 0 aromatic carbocycles. The van der Waals surface area contributed by atoms with Gasteiger partial charge in [0.05, 0.1) is 0 Å². The minimum Gasteiger partial charge on any atom is -0.340 e. The molecule has 3 atom stereocenters. The van der Waals surface area contributed by atoms with Gasteiger partial charge in [0.2, 0.25) is 11.8 Å². The molecule has 4 heteroatoms. The zero-order valence-corrected chi connectivity index (χ0v) is 13.0. The van der Waals surface area contributed by atoms with Gasteiger partial charge >= 0.3 is 0 Å². The molecule has 0 aromatic rings. The lowest BCUT2D eigenvalue weighted by molar-refractivity contribution is -0.159. The average molecular weight is 278 g/mol. The van der Waals surface area contributed by atoms with Crippen LogP contribution in [0.15, 0.2) is 12.2 Å². The van der Waals surface area contributed by atoms with Crippen LogP contribution >= 0.6 is 0 Å². The van der Waals surface area contributed by atoms with Crippen molar-refractivity contribution in [3.8, 4) is 0 Å². The van der Waals surface area contributed by atoms with Crippen molar-refractivity contribution in [2.45, 2.75) is 71.0 Å². The molecule has 1 saturated heterocycles. The molecule has 1 N–H and O–H groups in total. The lowest BCUT2D eigenvalue weighted by Crippen LogP contribution is -2.72. The van der Waals surface area contributed by atoms with Gasteiger partial charge in [-0.15, -0.1) is 0 Å². The summed E-state index contributed by atoms with van der Waals surface area (Å²) in [6.07, 6.45) is 7.73. The molecule has 1 fully saturated rings. The molecule has 0 spiro atoms. The first-order valence-electron chi connectivity index (χ1n) is 7.70. The Morgan fingerprint density at radius 1 is 1.40 bits per heavy atom. The van der Waals surface area contributed by atoms with Gasteiger partial charge in [-0.3, -0.25) is 9.59 Å². The van der Waals surface area contributed by atoms with E-state index in [1.54, 1.807) is 0 Å². The largest absolute Gasteiger partial charge is 0.340 e. The number of allylic oxidation sites excluding steroid dienone is 1. The van der Waals surface area contributed by atoms with Gasteiger partial charge < -0.3 is 10.2 Å². The Bertz CT molecular complexity index is 430. The van der Waals surface area contributed by atoms with Crippen molar-refractivity contribution >= 4 is 11.8 Å². The van der Waals surface area contributed by atoms with E-state index >= 15 is 0 Å². The number of hydrogen-bond donors (Lipinski definition) is 1. The van der Waals surface area contributed by atoms with E-state index in [4.69, 9.17) is 0 Å². The van der Waals surface area contributed by atoms with Gasteiger partial charge in [-0.05, 0) is 38.5 Å². The summed E-state index contributed by atoms with van der Waals surface area (Å²) in [5.74, 6) is 0.211. The Morgan fingerprint density at radius 3 is 2.60 bits per heavy atom. The molecule has 2 amide bonds.